The van der Waals surface area contributed by atoms with E-state index in [9.17, 15) is 4.79 Å². The molecule has 0 atom stereocenters. The van der Waals surface area contributed by atoms with Crippen molar-refractivity contribution in [2.45, 2.75) is 19.4 Å². The fourth-order valence-corrected chi connectivity index (χ4v) is 3.79. The van der Waals surface area contributed by atoms with Gasteiger partial charge in [0, 0.05) is 44.4 Å². The van der Waals surface area contributed by atoms with Crippen LogP contribution in [0, 0.1) is 5.41 Å². The largest absolute Gasteiger partial charge is 0.491 e. The topological polar surface area (TPSA) is 83.6 Å². The van der Waals surface area contributed by atoms with Crippen LogP contribution in [0.2, 0.25) is 0 Å². The molecule has 0 saturated heterocycles. The molecule has 1 N–H and O–H groups in total. The van der Waals surface area contributed by atoms with Gasteiger partial charge in [-0.3, -0.25) is 14.7 Å². The summed E-state index contributed by atoms with van der Waals surface area (Å²) < 4.78 is 7.09. The first kappa shape index (κ1) is 22.4. The third-order valence-corrected chi connectivity index (χ3v) is 5.51. The van der Waals surface area contributed by atoms with Gasteiger partial charge in [-0.15, -0.1) is 0 Å². The van der Waals surface area contributed by atoms with Gasteiger partial charge in [0.1, 0.15) is 0 Å². The standard InChI is InChI=1S/C26H27N5O2/c1-33-24-19-31(22-13-16-30(17-14-22)18-20-8-4-2-5-9-20)29-25(26(24)32)23(12-15-27)28-21-10-6-3-7-11-21/h2-11,13,15,19,27H,12,14,16-18H2,1H3. The molecule has 0 amide bonds. The predicted octanol–water partition coefficient (Wildman–Crippen LogP) is 4.16. The third-order valence-electron chi connectivity index (χ3n) is 5.51. The van der Waals surface area contributed by atoms with Crippen molar-refractivity contribution in [3.8, 4) is 5.75 Å². The van der Waals surface area contributed by atoms with Gasteiger partial charge in [-0.2, -0.15) is 5.10 Å². The van der Waals surface area contributed by atoms with E-state index in [1.807, 2.05) is 36.4 Å². The smallest absolute Gasteiger partial charge is 0.251 e. The van der Waals surface area contributed by atoms with Crippen molar-refractivity contribution in [1.29, 1.82) is 5.41 Å². The molecule has 7 heteroatoms. The van der Waals surface area contributed by atoms with Gasteiger partial charge in [0.2, 0.25) is 0 Å². The minimum Gasteiger partial charge on any atom is -0.491 e. The predicted molar refractivity (Wildman–Crippen MR) is 132 cm³/mol. The van der Waals surface area contributed by atoms with E-state index in [1.54, 1.807) is 10.9 Å². The van der Waals surface area contributed by atoms with E-state index in [0.29, 0.717) is 11.4 Å². The maximum atomic E-state index is 13.0. The highest BCUT2D eigenvalue weighted by Crippen LogP contribution is 2.20. The molecule has 0 fully saturated rings. The average Bonchev–Trinajstić information content (AvgIpc) is 2.86. The molecule has 1 aliphatic heterocycles. The summed E-state index contributed by atoms with van der Waals surface area (Å²) in [6, 6.07) is 19.8. The van der Waals surface area contributed by atoms with E-state index in [0.717, 1.165) is 31.8 Å². The number of nitrogens with one attached hydrogen (secondary N) is 1. The van der Waals surface area contributed by atoms with E-state index >= 15 is 0 Å². The summed E-state index contributed by atoms with van der Waals surface area (Å²) in [7, 11) is 1.48. The zero-order chi connectivity index (χ0) is 23.0. The lowest BCUT2D eigenvalue weighted by molar-refractivity contribution is 0.290. The van der Waals surface area contributed by atoms with Gasteiger partial charge in [0.15, 0.2) is 11.4 Å². The Balaban J connectivity index is 1.65. The second-order valence-corrected chi connectivity index (χ2v) is 7.79. The van der Waals surface area contributed by atoms with Crippen LogP contribution in [0.3, 0.4) is 0 Å². The van der Waals surface area contributed by atoms with Crippen LogP contribution >= 0.6 is 0 Å². The quantitative estimate of drug-likeness (QED) is 0.532. The first-order valence-electron chi connectivity index (χ1n) is 10.9. The number of aliphatic imine (C=N–C) groups is 1. The molecular weight excluding hydrogens is 414 g/mol. The van der Waals surface area contributed by atoms with Crippen LogP contribution in [-0.2, 0) is 6.54 Å². The molecule has 7 nitrogen and oxygen atoms in total. The summed E-state index contributed by atoms with van der Waals surface area (Å²) in [6.45, 7) is 2.57. The number of benzene rings is 2. The van der Waals surface area contributed by atoms with Crippen molar-refractivity contribution >= 4 is 23.3 Å². The molecule has 0 bridgehead atoms. The van der Waals surface area contributed by atoms with E-state index in [-0.39, 0.29) is 23.3 Å². The Labute approximate surface area is 193 Å². The molecule has 3 aromatic rings. The molecular formula is C26H27N5O2. The van der Waals surface area contributed by atoms with E-state index < -0.39 is 0 Å². The fraction of sp³-hybridized carbons (Fsp3) is 0.231. The normalized spacial score (nSPS) is 14.6. The molecule has 1 aromatic heterocycles. The van der Waals surface area contributed by atoms with Crippen LogP contribution < -0.4 is 10.2 Å². The molecule has 0 unspecified atom stereocenters. The summed E-state index contributed by atoms with van der Waals surface area (Å²) in [4.78, 5) is 20.0. The van der Waals surface area contributed by atoms with Crippen molar-refractivity contribution in [2.75, 3.05) is 20.2 Å². The molecule has 0 aliphatic carbocycles. The Morgan fingerprint density at radius 1 is 1.15 bits per heavy atom. The van der Waals surface area contributed by atoms with Crippen molar-refractivity contribution in [2.24, 2.45) is 4.99 Å². The SMILES string of the molecule is COc1cn(C2=CCN(Cc3ccccc3)CC2)nc(C(CC=N)=Nc2ccccc2)c1=O. The minimum absolute atomic E-state index is 0.203. The van der Waals surface area contributed by atoms with Crippen LogP contribution in [-0.4, -0.2) is 46.8 Å². The molecule has 168 valence electrons. The Morgan fingerprint density at radius 3 is 2.52 bits per heavy atom. The summed E-state index contributed by atoms with van der Waals surface area (Å²) >= 11 is 0. The van der Waals surface area contributed by atoms with Gasteiger partial charge in [-0.1, -0.05) is 48.5 Å². The van der Waals surface area contributed by atoms with Gasteiger partial charge in [-0.05, 0) is 23.8 Å². The number of methoxy groups -OCH3 is 1. The minimum atomic E-state index is -0.326. The molecule has 4 rings (SSSR count). The van der Waals surface area contributed by atoms with Crippen LogP contribution in [0.4, 0.5) is 5.69 Å². The van der Waals surface area contributed by atoms with Crippen LogP contribution in [0.1, 0.15) is 24.1 Å². The number of ether oxygens (including phenoxy) is 1. The van der Waals surface area contributed by atoms with Crippen molar-refractivity contribution in [1.82, 2.24) is 14.7 Å². The van der Waals surface area contributed by atoms with Crippen LogP contribution in [0.25, 0.3) is 5.70 Å². The van der Waals surface area contributed by atoms with Crippen molar-refractivity contribution in [3.63, 3.8) is 0 Å². The monoisotopic (exact) mass is 441 g/mol. The molecule has 2 heterocycles. The number of rotatable bonds is 8. The maximum absolute atomic E-state index is 13.0. The highest BCUT2D eigenvalue weighted by Gasteiger charge is 2.19. The molecule has 0 spiro atoms. The van der Waals surface area contributed by atoms with Crippen LogP contribution in [0.15, 0.2) is 82.7 Å². The Kier molecular flexibility index (Phi) is 7.22. The van der Waals surface area contributed by atoms with E-state index in [2.05, 4.69) is 45.3 Å². The Morgan fingerprint density at radius 2 is 1.88 bits per heavy atom. The molecule has 1 aliphatic rings. The number of para-hydroxylation sites is 1. The lowest BCUT2D eigenvalue weighted by Crippen LogP contribution is -2.30. The van der Waals surface area contributed by atoms with Gasteiger partial charge < -0.3 is 10.1 Å². The third kappa shape index (κ3) is 5.51. The maximum Gasteiger partial charge on any atom is 0.251 e. The van der Waals surface area contributed by atoms with Gasteiger partial charge in [-0.25, -0.2) is 4.68 Å². The number of hydrogen-bond acceptors (Lipinski definition) is 6. The van der Waals surface area contributed by atoms with Gasteiger partial charge in [0.25, 0.3) is 5.43 Å². The highest BCUT2D eigenvalue weighted by molar-refractivity contribution is 6.06. The average molecular weight is 442 g/mol. The second kappa shape index (κ2) is 10.7. The lowest BCUT2D eigenvalue weighted by Gasteiger charge is -2.27. The zero-order valence-electron chi connectivity index (χ0n) is 18.6. The Hall–Kier alpha value is -3.84. The molecule has 2 aromatic carbocycles. The summed E-state index contributed by atoms with van der Waals surface area (Å²) in [5, 5.41) is 12.2. The number of nitrogens with zero attached hydrogens (tertiary/aromatic N) is 4. The number of hydrogen-bond donors (Lipinski definition) is 1. The highest BCUT2D eigenvalue weighted by atomic mass is 16.5. The summed E-state index contributed by atoms with van der Waals surface area (Å²) in [6.07, 6.45) is 6.00. The molecule has 0 radical (unpaired) electrons. The summed E-state index contributed by atoms with van der Waals surface area (Å²) in [5.74, 6) is 0.207. The summed E-state index contributed by atoms with van der Waals surface area (Å²) in [5.41, 5.74) is 3.32. The molecule has 33 heavy (non-hydrogen) atoms. The first-order valence-corrected chi connectivity index (χ1v) is 10.9. The van der Waals surface area contributed by atoms with Gasteiger partial charge in [0.05, 0.1) is 24.7 Å². The number of aromatic nitrogens is 2. The Bertz CT molecular complexity index is 1220. The van der Waals surface area contributed by atoms with Crippen LogP contribution in [0.5, 0.6) is 5.75 Å². The van der Waals surface area contributed by atoms with Crippen molar-refractivity contribution < 1.29 is 4.74 Å². The van der Waals surface area contributed by atoms with E-state index in [1.165, 1.54) is 18.9 Å². The lowest BCUT2D eigenvalue weighted by atomic mass is 10.1. The molecule has 0 saturated carbocycles. The fourth-order valence-electron chi connectivity index (χ4n) is 3.79. The second-order valence-electron chi connectivity index (χ2n) is 7.79. The zero-order valence-corrected chi connectivity index (χ0v) is 18.6. The van der Waals surface area contributed by atoms with Crippen molar-refractivity contribution in [3.05, 3.63) is 94.4 Å². The van der Waals surface area contributed by atoms with E-state index in [4.69, 9.17) is 10.1 Å². The van der Waals surface area contributed by atoms with Gasteiger partial charge >= 0.3 is 0 Å². The first-order chi connectivity index (χ1) is 16.2.